The van der Waals surface area contributed by atoms with Crippen LogP contribution in [0.2, 0.25) is 10.0 Å². The number of hydrogen-bond donors (Lipinski definition) is 0. The summed E-state index contributed by atoms with van der Waals surface area (Å²) < 4.78 is 2.14. The zero-order valence-corrected chi connectivity index (χ0v) is 17.5. The smallest absolute Gasteiger partial charge is 0.160 e. The molecule has 2 aromatic heterocycles. The van der Waals surface area contributed by atoms with Crippen LogP contribution >= 0.6 is 35.0 Å². The third-order valence-electron chi connectivity index (χ3n) is 5.13. The van der Waals surface area contributed by atoms with Crippen molar-refractivity contribution in [3.05, 3.63) is 82.4 Å². The summed E-state index contributed by atoms with van der Waals surface area (Å²) in [6, 6.07) is 15.9. The molecule has 28 heavy (non-hydrogen) atoms. The third kappa shape index (κ3) is 3.02. The van der Waals surface area contributed by atoms with E-state index in [1.54, 1.807) is 6.07 Å². The molecule has 0 aliphatic carbocycles. The second-order valence-corrected chi connectivity index (χ2v) is 9.28. The highest BCUT2D eigenvalue weighted by molar-refractivity contribution is 8.14. The molecule has 4 nitrogen and oxygen atoms in total. The third-order valence-corrected chi connectivity index (χ3v) is 6.77. The Balaban J connectivity index is 1.62. The minimum absolute atomic E-state index is 0.0454. The molecule has 0 radical (unpaired) electrons. The number of aliphatic imine (C=N–C) groups is 1. The average molecular weight is 429 g/mol. The van der Waals surface area contributed by atoms with Crippen LogP contribution in [-0.4, -0.2) is 31.4 Å². The van der Waals surface area contributed by atoms with E-state index in [0.717, 1.165) is 28.8 Å². The van der Waals surface area contributed by atoms with Crippen molar-refractivity contribution in [1.29, 1.82) is 0 Å². The van der Waals surface area contributed by atoms with Crippen LogP contribution in [0.15, 0.2) is 65.9 Å². The zero-order valence-electron chi connectivity index (χ0n) is 15.2. The zero-order chi connectivity index (χ0) is 19.3. The van der Waals surface area contributed by atoms with Crippen LogP contribution in [0, 0.1) is 0 Å². The fourth-order valence-corrected chi connectivity index (χ4v) is 5.56. The lowest BCUT2D eigenvalue weighted by Crippen LogP contribution is -2.30. The molecule has 0 saturated carbocycles. The highest BCUT2D eigenvalue weighted by Crippen LogP contribution is 2.48. The lowest BCUT2D eigenvalue weighted by atomic mass is 10.0. The molecule has 7 heteroatoms. The first-order chi connectivity index (χ1) is 13.6. The van der Waals surface area contributed by atoms with Gasteiger partial charge >= 0.3 is 0 Å². The number of aromatic nitrogens is 2. The molecular formula is C21H18Cl2N4S. The molecule has 5 rings (SSSR count). The number of fused-ring (bicyclic) bond motifs is 1. The highest BCUT2D eigenvalue weighted by atomic mass is 35.5. The van der Waals surface area contributed by atoms with E-state index in [0.29, 0.717) is 15.3 Å². The van der Waals surface area contributed by atoms with E-state index >= 15 is 0 Å². The molecule has 1 aromatic carbocycles. The van der Waals surface area contributed by atoms with Crippen molar-refractivity contribution in [2.24, 2.45) is 4.99 Å². The molecule has 2 aliphatic rings. The second kappa shape index (κ2) is 7.14. The summed E-state index contributed by atoms with van der Waals surface area (Å²) in [7, 11) is 0. The quantitative estimate of drug-likeness (QED) is 0.530. The summed E-state index contributed by atoms with van der Waals surface area (Å²) in [5.41, 5.74) is 3.05. The van der Waals surface area contributed by atoms with Crippen molar-refractivity contribution in [2.45, 2.75) is 24.3 Å². The monoisotopic (exact) mass is 428 g/mol. The van der Waals surface area contributed by atoms with Gasteiger partial charge in [0, 0.05) is 34.9 Å². The molecule has 0 spiro atoms. The fraction of sp³-hybridized carbons (Fsp3) is 0.238. The summed E-state index contributed by atoms with van der Waals surface area (Å²) >= 11 is 14.5. The first kappa shape index (κ1) is 18.1. The lowest BCUT2D eigenvalue weighted by Gasteiger charge is -2.28. The number of halogens is 2. The summed E-state index contributed by atoms with van der Waals surface area (Å²) in [5, 5.41) is 2.88. The molecule has 2 aliphatic heterocycles. The van der Waals surface area contributed by atoms with Crippen LogP contribution in [0.5, 0.6) is 0 Å². The molecule has 0 N–H and O–H groups in total. The van der Waals surface area contributed by atoms with Gasteiger partial charge in [-0.3, -0.25) is 9.98 Å². The predicted molar refractivity (Wildman–Crippen MR) is 117 cm³/mol. The van der Waals surface area contributed by atoms with Crippen molar-refractivity contribution in [3.8, 4) is 5.69 Å². The van der Waals surface area contributed by atoms with Crippen molar-refractivity contribution in [3.63, 3.8) is 0 Å². The maximum atomic E-state index is 6.52. The van der Waals surface area contributed by atoms with Crippen LogP contribution < -0.4 is 0 Å². The Hall–Kier alpha value is -1.95. The van der Waals surface area contributed by atoms with Gasteiger partial charge in [-0.15, -0.1) is 0 Å². The number of rotatable bonds is 3. The molecule has 142 valence electrons. The number of hydrogen-bond acceptors (Lipinski definition) is 4. The molecular weight excluding hydrogens is 411 g/mol. The van der Waals surface area contributed by atoms with E-state index in [-0.39, 0.29) is 12.1 Å². The van der Waals surface area contributed by atoms with Crippen LogP contribution in [0.1, 0.15) is 30.4 Å². The Morgan fingerprint density at radius 3 is 2.79 bits per heavy atom. The first-order valence-corrected chi connectivity index (χ1v) is 10.8. The van der Waals surface area contributed by atoms with Gasteiger partial charge in [0.25, 0.3) is 0 Å². The average Bonchev–Trinajstić information content (AvgIpc) is 3.36. The van der Waals surface area contributed by atoms with Gasteiger partial charge < -0.3 is 9.47 Å². The van der Waals surface area contributed by atoms with E-state index in [2.05, 4.69) is 39.6 Å². The van der Waals surface area contributed by atoms with Gasteiger partial charge in [0.2, 0.25) is 0 Å². The van der Waals surface area contributed by atoms with Gasteiger partial charge in [0.15, 0.2) is 5.17 Å². The minimum atomic E-state index is -0.0454. The summed E-state index contributed by atoms with van der Waals surface area (Å²) in [6.07, 6.45) is 3.88. The first-order valence-electron chi connectivity index (χ1n) is 9.16. The van der Waals surface area contributed by atoms with E-state index in [1.807, 2.05) is 48.4 Å². The summed E-state index contributed by atoms with van der Waals surface area (Å²) in [6.45, 7) is 3.21. The topological polar surface area (TPSA) is 33.4 Å². The molecule has 1 saturated heterocycles. The van der Waals surface area contributed by atoms with Crippen molar-refractivity contribution >= 4 is 40.1 Å². The van der Waals surface area contributed by atoms with Gasteiger partial charge in [-0.25, -0.2) is 0 Å². The maximum Gasteiger partial charge on any atom is 0.160 e. The molecule has 4 heterocycles. The van der Waals surface area contributed by atoms with Gasteiger partial charge in [0.1, 0.15) is 6.04 Å². The Kier molecular flexibility index (Phi) is 4.62. The number of thioether (sulfide) groups is 1. The molecule has 3 aromatic rings. The van der Waals surface area contributed by atoms with Crippen LogP contribution in [0.3, 0.4) is 0 Å². The van der Waals surface area contributed by atoms with Crippen LogP contribution in [0.4, 0.5) is 0 Å². The number of nitrogens with zero attached hydrogens (tertiary/aromatic N) is 4. The Morgan fingerprint density at radius 1 is 1.11 bits per heavy atom. The van der Waals surface area contributed by atoms with E-state index < -0.39 is 0 Å². The Morgan fingerprint density at radius 2 is 2.00 bits per heavy atom. The van der Waals surface area contributed by atoms with Gasteiger partial charge in [0.05, 0.1) is 22.4 Å². The van der Waals surface area contributed by atoms with Gasteiger partial charge in [-0.2, -0.15) is 0 Å². The number of benzene rings is 1. The standard InChI is InChI=1S/C21H18Cl2N4S/c1-13-12-27-20(19(25-21(27)28-13)16-5-2-3-9-24-16)18-6-4-10-26(18)17-8-7-14(22)11-15(17)23/h2-11,13,19-20H,12H2,1H3/t13-,19+,20+/m1/s1. The summed E-state index contributed by atoms with van der Waals surface area (Å²) in [4.78, 5) is 12.1. The molecule has 0 bridgehead atoms. The van der Waals surface area contributed by atoms with Crippen LogP contribution in [0.25, 0.3) is 5.69 Å². The summed E-state index contributed by atoms with van der Waals surface area (Å²) in [5.74, 6) is 0. The van der Waals surface area contributed by atoms with Gasteiger partial charge in [-0.1, -0.05) is 48.0 Å². The maximum absolute atomic E-state index is 6.52. The van der Waals surface area contributed by atoms with Crippen molar-refractivity contribution in [1.82, 2.24) is 14.5 Å². The molecule has 1 fully saturated rings. The molecule has 3 atom stereocenters. The predicted octanol–water partition coefficient (Wildman–Crippen LogP) is 5.77. The van der Waals surface area contributed by atoms with Crippen molar-refractivity contribution in [2.75, 3.05) is 6.54 Å². The highest BCUT2D eigenvalue weighted by Gasteiger charge is 2.44. The SMILES string of the molecule is C[C@@H]1CN2C(=N[C@@H](c3ccccn3)[C@@H]2c2cccn2-c2ccc(Cl)cc2Cl)S1. The Bertz CT molecular complexity index is 1050. The molecule has 0 unspecified atom stereocenters. The Labute approximate surface area is 178 Å². The number of pyridine rings is 1. The largest absolute Gasteiger partial charge is 0.339 e. The number of amidine groups is 1. The normalized spacial score (nSPS) is 23.8. The van der Waals surface area contributed by atoms with Gasteiger partial charge in [-0.05, 0) is 42.5 Å². The van der Waals surface area contributed by atoms with E-state index in [4.69, 9.17) is 28.2 Å². The van der Waals surface area contributed by atoms with E-state index in [1.165, 1.54) is 0 Å². The second-order valence-electron chi connectivity index (χ2n) is 7.04. The van der Waals surface area contributed by atoms with Crippen molar-refractivity contribution < 1.29 is 0 Å². The van der Waals surface area contributed by atoms with E-state index in [9.17, 15) is 0 Å². The fourth-order valence-electron chi connectivity index (χ4n) is 3.97. The lowest BCUT2D eigenvalue weighted by molar-refractivity contribution is 0.312. The minimum Gasteiger partial charge on any atom is -0.339 e. The van der Waals surface area contributed by atoms with Crippen LogP contribution in [-0.2, 0) is 0 Å². The molecule has 0 amide bonds.